The Morgan fingerprint density at radius 1 is 1.04 bits per heavy atom. The second-order valence-electron chi connectivity index (χ2n) is 7.12. The molecular formula is C20H27N5. The van der Waals surface area contributed by atoms with Crippen molar-refractivity contribution in [3.8, 4) is 0 Å². The Hall–Kier alpha value is -1.98. The van der Waals surface area contributed by atoms with Gasteiger partial charge in [-0.1, -0.05) is 30.3 Å². The van der Waals surface area contributed by atoms with E-state index in [0.29, 0.717) is 6.04 Å². The van der Waals surface area contributed by atoms with Crippen LogP contribution >= 0.6 is 0 Å². The largest absolute Gasteiger partial charge is 0.353 e. The van der Waals surface area contributed by atoms with Gasteiger partial charge in [-0.2, -0.15) is 0 Å². The van der Waals surface area contributed by atoms with Gasteiger partial charge in [-0.25, -0.2) is 9.97 Å². The number of hydrogen-bond acceptors (Lipinski definition) is 5. The van der Waals surface area contributed by atoms with E-state index in [0.717, 1.165) is 51.4 Å². The number of rotatable bonds is 2. The summed E-state index contributed by atoms with van der Waals surface area (Å²) < 4.78 is 0. The lowest BCUT2D eigenvalue weighted by Crippen LogP contribution is -2.47. The van der Waals surface area contributed by atoms with Crippen LogP contribution in [0.1, 0.15) is 28.7 Å². The molecule has 0 unspecified atom stereocenters. The standard InChI is InChI=1S/C20H27N5/c1-15-22-18-9-11-21-10-8-17(18)20(23-15)25-13-12-24(2)19(14-25)16-6-4-3-5-7-16/h3-7,19,21H,8-14H2,1-2H3/t19-/m0/s1. The van der Waals surface area contributed by atoms with E-state index in [1.807, 2.05) is 6.92 Å². The number of piperazine rings is 1. The van der Waals surface area contributed by atoms with Crippen molar-refractivity contribution >= 4 is 5.82 Å². The third kappa shape index (κ3) is 3.39. The second-order valence-corrected chi connectivity index (χ2v) is 7.12. The van der Waals surface area contributed by atoms with Crippen LogP contribution in [0.25, 0.3) is 0 Å². The molecule has 2 aliphatic rings. The molecule has 1 saturated heterocycles. The van der Waals surface area contributed by atoms with Crippen LogP contribution in [-0.2, 0) is 12.8 Å². The molecule has 1 atom stereocenters. The molecule has 0 amide bonds. The molecule has 2 aromatic rings. The van der Waals surface area contributed by atoms with Crippen molar-refractivity contribution in [2.45, 2.75) is 25.8 Å². The van der Waals surface area contributed by atoms with Crippen LogP contribution < -0.4 is 10.2 Å². The molecule has 0 radical (unpaired) electrons. The first-order valence-electron chi connectivity index (χ1n) is 9.29. The minimum absolute atomic E-state index is 0.407. The van der Waals surface area contributed by atoms with E-state index in [-0.39, 0.29) is 0 Å². The Morgan fingerprint density at radius 3 is 2.68 bits per heavy atom. The first-order valence-corrected chi connectivity index (χ1v) is 9.29. The van der Waals surface area contributed by atoms with Gasteiger partial charge in [-0.15, -0.1) is 0 Å². The molecular weight excluding hydrogens is 310 g/mol. The van der Waals surface area contributed by atoms with Gasteiger partial charge in [0.25, 0.3) is 0 Å². The zero-order chi connectivity index (χ0) is 17.2. The van der Waals surface area contributed by atoms with E-state index >= 15 is 0 Å². The van der Waals surface area contributed by atoms with Crippen LogP contribution in [0.3, 0.4) is 0 Å². The fraction of sp³-hybridized carbons (Fsp3) is 0.500. The molecule has 1 aromatic carbocycles. The molecule has 132 valence electrons. The highest BCUT2D eigenvalue weighted by Crippen LogP contribution is 2.30. The molecule has 5 nitrogen and oxygen atoms in total. The summed E-state index contributed by atoms with van der Waals surface area (Å²) in [5.41, 5.74) is 3.97. The fourth-order valence-corrected chi connectivity index (χ4v) is 4.01. The number of nitrogens with one attached hydrogen (secondary N) is 1. The van der Waals surface area contributed by atoms with Gasteiger partial charge in [0.1, 0.15) is 11.6 Å². The second kappa shape index (κ2) is 7.10. The maximum absolute atomic E-state index is 4.87. The number of benzene rings is 1. The summed E-state index contributed by atoms with van der Waals surface area (Å²) in [4.78, 5) is 14.5. The van der Waals surface area contributed by atoms with Crippen molar-refractivity contribution in [1.29, 1.82) is 0 Å². The maximum atomic E-state index is 4.87. The number of hydrogen-bond donors (Lipinski definition) is 1. The van der Waals surface area contributed by atoms with E-state index in [1.165, 1.54) is 22.6 Å². The minimum Gasteiger partial charge on any atom is -0.353 e. The van der Waals surface area contributed by atoms with Crippen molar-refractivity contribution in [3.63, 3.8) is 0 Å². The maximum Gasteiger partial charge on any atom is 0.135 e. The highest BCUT2D eigenvalue weighted by atomic mass is 15.3. The first-order chi connectivity index (χ1) is 12.2. The van der Waals surface area contributed by atoms with Crippen LogP contribution in [0.2, 0.25) is 0 Å². The predicted molar refractivity (Wildman–Crippen MR) is 101 cm³/mol. The van der Waals surface area contributed by atoms with E-state index in [2.05, 4.69) is 52.5 Å². The highest BCUT2D eigenvalue weighted by Gasteiger charge is 2.29. The van der Waals surface area contributed by atoms with Gasteiger partial charge in [-0.3, -0.25) is 4.90 Å². The van der Waals surface area contributed by atoms with Gasteiger partial charge in [0, 0.05) is 38.2 Å². The summed E-state index contributed by atoms with van der Waals surface area (Å²) >= 11 is 0. The van der Waals surface area contributed by atoms with Gasteiger partial charge < -0.3 is 10.2 Å². The quantitative estimate of drug-likeness (QED) is 0.908. The lowest BCUT2D eigenvalue weighted by atomic mass is 10.0. The third-order valence-electron chi connectivity index (χ3n) is 5.40. The van der Waals surface area contributed by atoms with Crippen LogP contribution in [0.15, 0.2) is 30.3 Å². The van der Waals surface area contributed by atoms with Crippen LogP contribution in [-0.4, -0.2) is 54.6 Å². The summed E-state index contributed by atoms with van der Waals surface area (Å²) in [7, 11) is 2.23. The van der Waals surface area contributed by atoms with Gasteiger partial charge in [-0.05, 0) is 32.5 Å². The van der Waals surface area contributed by atoms with Crippen LogP contribution in [0.5, 0.6) is 0 Å². The Kier molecular flexibility index (Phi) is 4.68. The summed E-state index contributed by atoms with van der Waals surface area (Å²) in [5.74, 6) is 2.06. The zero-order valence-electron chi connectivity index (χ0n) is 15.2. The molecule has 25 heavy (non-hydrogen) atoms. The Morgan fingerprint density at radius 2 is 1.84 bits per heavy atom. The topological polar surface area (TPSA) is 44.3 Å². The third-order valence-corrected chi connectivity index (χ3v) is 5.40. The number of aromatic nitrogens is 2. The van der Waals surface area contributed by atoms with E-state index in [4.69, 9.17) is 9.97 Å². The molecule has 0 aliphatic carbocycles. The summed E-state index contributed by atoms with van der Waals surface area (Å²) in [6, 6.07) is 11.2. The van der Waals surface area contributed by atoms with Crippen molar-refractivity contribution in [3.05, 3.63) is 53.0 Å². The highest BCUT2D eigenvalue weighted by molar-refractivity contribution is 5.51. The molecule has 0 saturated carbocycles. The molecule has 5 heteroatoms. The number of aryl methyl sites for hydroxylation is 1. The molecule has 0 bridgehead atoms. The average Bonchev–Trinajstić information content (AvgIpc) is 2.87. The first kappa shape index (κ1) is 16.5. The summed E-state index contributed by atoms with van der Waals surface area (Å²) in [6.45, 7) is 7.11. The molecule has 1 N–H and O–H groups in total. The van der Waals surface area contributed by atoms with Crippen molar-refractivity contribution in [2.24, 2.45) is 0 Å². The Bertz CT molecular complexity index is 730. The fourth-order valence-electron chi connectivity index (χ4n) is 4.01. The molecule has 4 rings (SSSR count). The Balaban J connectivity index is 1.67. The molecule has 1 aromatic heterocycles. The lowest BCUT2D eigenvalue weighted by molar-refractivity contribution is 0.220. The van der Waals surface area contributed by atoms with E-state index in [1.54, 1.807) is 0 Å². The molecule has 1 fully saturated rings. The van der Waals surface area contributed by atoms with E-state index < -0.39 is 0 Å². The predicted octanol–water partition coefficient (Wildman–Crippen LogP) is 1.97. The number of fused-ring (bicyclic) bond motifs is 1. The SMILES string of the molecule is Cc1nc2c(c(N3CCN(C)[C@H](c4ccccc4)C3)n1)CCNCC2. The summed E-state index contributed by atoms with van der Waals surface area (Å²) in [6.07, 6.45) is 2.02. The normalized spacial score (nSPS) is 21.7. The summed E-state index contributed by atoms with van der Waals surface area (Å²) in [5, 5.41) is 3.49. The van der Waals surface area contributed by atoms with E-state index in [9.17, 15) is 0 Å². The van der Waals surface area contributed by atoms with Crippen LogP contribution in [0, 0.1) is 6.92 Å². The van der Waals surface area contributed by atoms with Crippen LogP contribution in [0.4, 0.5) is 5.82 Å². The number of anilines is 1. The smallest absolute Gasteiger partial charge is 0.135 e. The molecule has 0 spiro atoms. The number of likely N-dealkylation sites (N-methyl/N-ethyl adjacent to an activating group) is 1. The zero-order valence-corrected chi connectivity index (χ0v) is 15.2. The minimum atomic E-state index is 0.407. The Labute approximate surface area is 150 Å². The average molecular weight is 337 g/mol. The van der Waals surface area contributed by atoms with Crippen molar-refractivity contribution < 1.29 is 0 Å². The molecule has 2 aliphatic heterocycles. The van der Waals surface area contributed by atoms with Gasteiger partial charge in [0.2, 0.25) is 0 Å². The molecule has 3 heterocycles. The van der Waals surface area contributed by atoms with Crippen molar-refractivity contribution in [2.75, 3.05) is 44.7 Å². The lowest BCUT2D eigenvalue weighted by Gasteiger charge is -2.41. The number of nitrogens with zero attached hydrogens (tertiary/aromatic N) is 4. The van der Waals surface area contributed by atoms with Gasteiger partial charge in [0.05, 0.1) is 11.7 Å². The van der Waals surface area contributed by atoms with Gasteiger partial charge in [0.15, 0.2) is 0 Å². The monoisotopic (exact) mass is 337 g/mol. The van der Waals surface area contributed by atoms with Crippen molar-refractivity contribution in [1.82, 2.24) is 20.2 Å². The van der Waals surface area contributed by atoms with Gasteiger partial charge >= 0.3 is 0 Å².